The van der Waals surface area contributed by atoms with Gasteiger partial charge in [-0.2, -0.15) is 0 Å². The number of aromatic nitrogens is 1. The van der Waals surface area contributed by atoms with Crippen molar-refractivity contribution in [1.82, 2.24) is 15.2 Å². The van der Waals surface area contributed by atoms with E-state index in [2.05, 4.69) is 51.7 Å². The van der Waals surface area contributed by atoms with Gasteiger partial charge in [-0.05, 0) is 49.2 Å². The number of piperazine rings is 1. The van der Waals surface area contributed by atoms with Crippen LogP contribution in [0.5, 0.6) is 0 Å². The highest BCUT2D eigenvalue weighted by atomic mass is 16.1. The molecule has 1 fully saturated rings. The first kappa shape index (κ1) is 20.8. The number of aryl methyl sites for hydroxylation is 2. The van der Waals surface area contributed by atoms with Crippen molar-refractivity contribution in [3.8, 4) is 0 Å². The number of nitrogens with two attached hydrogens (primary N) is 1. The maximum atomic E-state index is 10.3. The Labute approximate surface area is 172 Å². The molecule has 1 amide bonds. The molecule has 0 saturated carbocycles. The maximum absolute atomic E-state index is 10.3. The van der Waals surface area contributed by atoms with Crippen LogP contribution in [0.1, 0.15) is 16.8 Å². The molecule has 0 aliphatic carbocycles. The van der Waals surface area contributed by atoms with Gasteiger partial charge in [0.15, 0.2) is 0 Å². The Bertz CT molecular complexity index is 967. The normalized spacial score (nSPS) is 14.1. The molecule has 0 spiro atoms. The smallest absolute Gasteiger partial charge is 0.211 e. The van der Waals surface area contributed by atoms with Gasteiger partial charge in [-0.15, -0.1) is 0 Å². The molecular formula is C23H29N5O. The van der Waals surface area contributed by atoms with Gasteiger partial charge in [0.2, 0.25) is 6.41 Å². The van der Waals surface area contributed by atoms with E-state index in [0.29, 0.717) is 12.1 Å². The highest BCUT2D eigenvalue weighted by molar-refractivity contribution is 5.93. The molecule has 4 rings (SSSR count). The van der Waals surface area contributed by atoms with Gasteiger partial charge in [-0.1, -0.05) is 24.3 Å². The summed E-state index contributed by atoms with van der Waals surface area (Å²) in [6.45, 7) is 9.81. The molecule has 0 atom stereocenters. The van der Waals surface area contributed by atoms with Gasteiger partial charge >= 0.3 is 0 Å². The summed E-state index contributed by atoms with van der Waals surface area (Å²) in [4.78, 5) is 17.1. The van der Waals surface area contributed by atoms with Crippen LogP contribution >= 0.6 is 0 Å². The third-order valence-electron chi connectivity index (χ3n) is 5.06. The van der Waals surface area contributed by atoms with E-state index < -0.39 is 0 Å². The Morgan fingerprint density at radius 1 is 1.14 bits per heavy atom. The van der Waals surface area contributed by atoms with Crippen molar-refractivity contribution >= 4 is 28.7 Å². The van der Waals surface area contributed by atoms with Crippen LogP contribution in [0.4, 0.5) is 11.4 Å². The quantitative estimate of drug-likeness (QED) is 0.595. The van der Waals surface area contributed by atoms with Gasteiger partial charge in [0.1, 0.15) is 0 Å². The molecule has 2 aromatic carbocycles. The van der Waals surface area contributed by atoms with E-state index in [1.807, 2.05) is 25.1 Å². The fourth-order valence-electron chi connectivity index (χ4n) is 3.45. The molecule has 4 N–H and O–H groups in total. The number of anilines is 2. The van der Waals surface area contributed by atoms with E-state index in [9.17, 15) is 4.79 Å². The second-order valence-electron chi connectivity index (χ2n) is 7.30. The minimum Gasteiger partial charge on any atom is -0.398 e. The number of amides is 1. The Morgan fingerprint density at radius 3 is 2.62 bits per heavy atom. The molecule has 1 saturated heterocycles. The monoisotopic (exact) mass is 391 g/mol. The summed E-state index contributed by atoms with van der Waals surface area (Å²) < 4.78 is 0. The molecule has 0 radical (unpaired) electrons. The fourth-order valence-corrected chi connectivity index (χ4v) is 3.45. The molecule has 1 aromatic heterocycles. The number of nitrogens with one attached hydrogen (secondary N) is 2. The van der Waals surface area contributed by atoms with Crippen LogP contribution in [0.15, 0.2) is 48.5 Å². The second kappa shape index (κ2) is 10.0. The zero-order chi connectivity index (χ0) is 20.6. The van der Waals surface area contributed by atoms with Crippen LogP contribution in [0, 0.1) is 13.8 Å². The molecule has 0 unspecified atom stereocenters. The lowest BCUT2D eigenvalue weighted by Crippen LogP contribution is -2.42. The lowest BCUT2D eigenvalue weighted by Gasteiger charge is -2.27. The van der Waals surface area contributed by atoms with Crippen molar-refractivity contribution in [2.75, 3.05) is 37.2 Å². The number of rotatable bonds is 4. The molecule has 29 heavy (non-hydrogen) atoms. The molecule has 6 nitrogen and oxygen atoms in total. The molecule has 1 aliphatic heterocycles. The van der Waals surface area contributed by atoms with Crippen molar-refractivity contribution < 1.29 is 4.79 Å². The number of carbonyl (C=O) groups excluding carboxylic acids is 1. The van der Waals surface area contributed by atoms with Gasteiger partial charge in [-0.25, -0.2) is 0 Å². The van der Waals surface area contributed by atoms with Crippen molar-refractivity contribution in [3.63, 3.8) is 0 Å². The number of hydrogen-bond acceptors (Lipinski definition) is 5. The summed E-state index contributed by atoms with van der Waals surface area (Å²) >= 11 is 0. The first-order valence-corrected chi connectivity index (χ1v) is 9.91. The zero-order valence-corrected chi connectivity index (χ0v) is 17.1. The van der Waals surface area contributed by atoms with E-state index in [1.165, 1.54) is 24.2 Å². The predicted octanol–water partition coefficient (Wildman–Crippen LogP) is 3.09. The SMILES string of the molecule is Cc1cc(N)c2cc(NC=O)ccc2n1.Cc1ccccc1CN1CCNCC1. The number of nitrogens with zero attached hydrogens (tertiary/aromatic N) is 2. The Morgan fingerprint density at radius 2 is 1.90 bits per heavy atom. The fraction of sp³-hybridized carbons (Fsp3) is 0.304. The van der Waals surface area contributed by atoms with Gasteiger partial charge in [0.05, 0.1) is 5.52 Å². The highest BCUT2D eigenvalue weighted by Crippen LogP contribution is 2.23. The summed E-state index contributed by atoms with van der Waals surface area (Å²) in [5.41, 5.74) is 11.9. The Hall–Kier alpha value is -2.96. The number of hydrogen-bond donors (Lipinski definition) is 3. The topological polar surface area (TPSA) is 83.3 Å². The average Bonchev–Trinajstić information content (AvgIpc) is 2.72. The van der Waals surface area contributed by atoms with Crippen molar-refractivity contribution in [1.29, 1.82) is 0 Å². The van der Waals surface area contributed by atoms with Gasteiger partial charge in [-0.3, -0.25) is 14.7 Å². The summed E-state index contributed by atoms with van der Waals surface area (Å²) in [7, 11) is 0. The Balaban J connectivity index is 0.000000166. The van der Waals surface area contributed by atoms with Crippen LogP contribution in [0.3, 0.4) is 0 Å². The molecule has 1 aliphatic rings. The standard InChI is InChI=1S/C12H18N2.C11H11N3O/c1-11-4-2-3-5-12(11)10-14-8-6-13-7-9-14;1-7-4-10(12)9-5-8(13-6-15)2-3-11(9)14-7/h2-5,13H,6-10H2,1H3;2-6H,1H3,(H2,12,14)(H,13,15). The predicted molar refractivity (Wildman–Crippen MR) is 120 cm³/mol. The van der Waals surface area contributed by atoms with E-state index >= 15 is 0 Å². The molecule has 6 heteroatoms. The van der Waals surface area contributed by atoms with E-state index in [1.54, 1.807) is 6.07 Å². The number of nitrogen functional groups attached to an aromatic ring is 1. The van der Waals surface area contributed by atoms with E-state index in [0.717, 1.165) is 41.9 Å². The molecule has 3 aromatic rings. The summed E-state index contributed by atoms with van der Waals surface area (Å²) in [6, 6.07) is 15.9. The molecule has 0 bridgehead atoms. The number of benzene rings is 2. The minimum absolute atomic E-state index is 0.638. The summed E-state index contributed by atoms with van der Waals surface area (Å²) in [6.07, 6.45) is 0.638. The largest absolute Gasteiger partial charge is 0.398 e. The van der Waals surface area contributed by atoms with Crippen LogP contribution in [0.2, 0.25) is 0 Å². The summed E-state index contributed by atoms with van der Waals surface area (Å²) in [5, 5.41) is 6.81. The lowest BCUT2D eigenvalue weighted by molar-refractivity contribution is -0.105. The third kappa shape index (κ3) is 5.76. The molecule has 2 heterocycles. The number of carbonyl (C=O) groups is 1. The zero-order valence-electron chi connectivity index (χ0n) is 17.1. The van der Waals surface area contributed by atoms with Crippen molar-refractivity contribution in [3.05, 3.63) is 65.4 Å². The third-order valence-corrected chi connectivity index (χ3v) is 5.06. The number of pyridine rings is 1. The van der Waals surface area contributed by atoms with Crippen molar-refractivity contribution in [2.24, 2.45) is 0 Å². The highest BCUT2D eigenvalue weighted by Gasteiger charge is 2.10. The lowest BCUT2D eigenvalue weighted by atomic mass is 10.1. The maximum Gasteiger partial charge on any atom is 0.211 e. The molecular weight excluding hydrogens is 362 g/mol. The summed E-state index contributed by atoms with van der Waals surface area (Å²) in [5.74, 6) is 0. The van der Waals surface area contributed by atoms with Crippen LogP contribution in [-0.2, 0) is 11.3 Å². The van der Waals surface area contributed by atoms with Crippen LogP contribution in [-0.4, -0.2) is 42.5 Å². The van der Waals surface area contributed by atoms with E-state index in [-0.39, 0.29) is 0 Å². The minimum atomic E-state index is 0.638. The van der Waals surface area contributed by atoms with Crippen LogP contribution < -0.4 is 16.4 Å². The van der Waals surface area contributed by atoms with Gasteiger partial charge in [0.25, 0.3) is 0 Å². The van der Waals surface area contributed by atoms with Gasteiger partial charge < -0.3 is 16.4 Å². The van der Waals surface area contributed by atoms with Crippen LogP contribution in [0.25, 0.3) is 10.9 Å². The first-order valence-electron chi connectivity index (χ1n) is 9.91. The van der Waals surface area contributed by atoms with Gasteiger partial charge in [0, 0.05) is 55.2 Å². The van der Waals surface area contributed by atoms with E-state index in [4.69, 9.17) is 5.73 Å². The molecule has 152 valence electrons. The first-order chi connectivity index (χ1) is 14.1. The van der Waals surface area contributed by atoms with Crippen molar-refractivity contribution in [2.45, 2.75) is 20.4 Å². The second-order valence-corrected chi connectivity index (χ2v) is 7.30. The number of fused-ring (bicyclic) bond motifs is 1. The average molecular weight is 392 g/mol. The Kier molecular flexibility index (Phi) is 7.16.